The van der Waals surface area contributed by atoms with Crippen LogP contribution in [0.4, 0.5) is 5.82 Å². The highest BCUT2D eigenvalue weighted by atomic mass is 79.9. The number of nitrogens with zero attached hydrogens (tertiary/aromatic N) is 3. The number of carbonyl (C=O) groups is 2. The van der Waals surface area contributed by atoms with Crippen molar-refractivity contribution in [1.82, 2.24) is 4.57 Å². The summed E-state index contributed by atoms with van der Waals surface area (Å²) in [4.78, 5) is 39.4. The van der Waals surface area contributed by atoms with Gasteiger partial charge >= 0.3 is 23.7 Å². The minimum atomic E-state index is -0.919. The Morgan fingerprint density at radius 3 is 2.39 bits per heavy atom. The number of aliphatic hydroxyl groups excluding tert-OH is 1. The van der Waals surface area contributed by atoms with Crippen molar-refractivity contribution in [2.24, 2.45) is 14.1 Å². The first kappa shape index (κ1) is 25.4. The third-order valence-electron chi connectivity index (χ3n) is 6.79. The number of benzene rings is 2. The van der Waals surface area contributed by atoms with Gasteiger partial charge in [0.25, 0.3) is 5.56 Å². The second kappa shape index (κ2) is 8.95. The normalized spacial score (nSPS) is 17.1. The number of aliphatic hydroxyl groups is 1. The molecule has 1 aliphatic carbocycles. The Balaban J connectivity index is 1.95. The summed E-state index contributed by atoms with van der Waals surface area (Å²) in [6, 6.07) is 9.92. The smallest absolute Gasteiger partial charge is 0.466 e. The molecule has 11 heteroatoms. The van der Waals surface area contributed by atoms with Crippen molar-refractivity contribution in [2.45, 2.75) is 19.8 Å². The molecule has 2 aromatic carbocycles. The first-order chi connectivity index (χ1) is 18.0. The van der Waals surface area contributed by atoms with Gasteiger partial charge in [-0.2, -0.15) is 0 Å². The molecule has 0 radical (unpaired) electrons. The van der Waals surface area contributed by atoms with Gasteiger partial charge in [0, 0.05) is 19.5 Å². The molecule has 0 fully saturated rings. The Morgan fingerprint density at radius 1 is 1.13 bits per heavy atom. The lowest BCUT2D eigenvalue weighted by Gasteiger charge is -2.23. The second-order valence-corrected chi connectivity index (χ2v) is 9.90. The number of allylic oxidation sites excluding steroid dienone is 1. The molecule has 1 unspecified atom stereocenters. The number of esters is 1. The molecule has 0 saturated heterocycles. The molecule has 0 bridgehead atoms. The molecule has 0 spiro atoms. The Bertz CT molecular complexity index is 1710. The van der Waals surface area contributed by atoms with Crippen LogP contribution in [0.3, 0.4) is 0 Å². The van der Waals surface area contributed by atoms with Crippen LogP contribution in [0.2, 0.25) is 0 Å². The number of hydrogen-bond donors (Lipinski definition) is 2. The minimum Gasteiger partial charge on any atom is -0.493 e. The molecule has 2 aliphatic rings. The van der Waals surface area contributed by atoms with Crippen molar-refractivity contribution in [3.8, 4) is 17.5 Å². The lowest BCUT2D eigenvalue weighted by molar-refractivity contribution is -0.719. The van der Waals surface area contributed by atoms with Crippen molar-refractivity contribution in [2.75, 3.05) is 7.11 Å². The highest BCUT2D eigenvalue weighted by Crippen LogP contribution is 2.51. The fraction of sp³-hybridized carbons (Fsp3) is 0.222. The van der Waals surface area contributed by atoms with Crippen LogP contribution in [0, 0.1) is 0 Å². The zero-order chi connectivity index (χ0) is 27.6. The van der Waals surface area contributed by atoms with Gasteiger partial charge < -0.3 is 19.7 Å². The number of carbonyl (C=O) groups excluding carboxylic acids is 2. The molecule has 10 nitrogen and oxygen atoms in total. The van der Waals surface area contributed by atoms with Crippen LogP contribution in [0.5, 0.6) is 17.5 Å². The van der Waals surface area contributed by atoms with Crippen LogP contribution in [0.1, 0.15) is 46.8 Å². The van der Waals surface area contributed by atoms with Crippen LogP contribution in [-0.4, -0.2) is 44.1 Å². The number of Topliss-reactive ketones (excluding diaryl/α,β-unsaturated/α-hetero) is 1. The summed E-state index contributed by atoms with van der Waals surface area (Å²) >= 11 is 3.44. The van der Waals surface area contributed by atoms with Crippen molar-refractivity contribution in [3.05, 3.63) is 79.1 Å². The monoisotopic (exact) mass is 581 g/mol. The minimum absolute atomic E-state index is 0.153. The fourth-order valence-corrected chi connectivity index (χ4v) is 5.77. The predicted molar refractivity (Wildman–Crippen MR) is 139 cm³/mol. The van der Waals surface area contributed by atoms with Gasteiger partial charge in [-0.25, -0.2) is 4.57 Å². The van der Waals surface area contributed by atoms with E-state index in [1.807, 2.05) is 0 Å². The van der Waals surface area contributed by atoms with Gasteiger partial charge in [0.05, 0.1) is 35.6 Å². The molecule has 1 atom stereocenters. The molecule has 1 aliphatic heterocycles. The molecule has 2 heterocycles. The first-order valence-corrected chi connectivity index (χ1v) is 12.4. The van der Waals surface area contributed by atoms with E-state index in [1.165, 1.54) is 37.1 Å². The molecule has 3 aromatic rings. The average Bonchev–Trinajstić information content (AvgIpc) is 3.17. The summed E-state index contributed by atoms with van der Waals surface area (Å²) in [5, 5.41) is 21.7. The fourth-order valence-electron chi connectivity index (χ4n) is 5.23. The van der Waals surface area contributed by atoms with E-state index in [9.17, 15) is 24.6 Å². The van der Waals surface area contributed by atoms with Crippen molar-refractivity contribution in [1.29, 1.82) is 0 Å². The number of methoxy groups -OCH3 is 1. The van der Waals surface area contributed by atoms with Gasteiger partial charge in [-0.3, -0.25) is 14.4 Å². The zero-order valence-corrected chi connectivity index (χ0v) is 22.8. The van der Waals surface area contributed by atoms with E-state index in [0.29, 0.717) is 26.9 Å². The number of fused-ring (bicyclic) bond motifs is 3. The molecular formula is C27H24BrN3O7+2. The van der Waals surface area contributed by atoms with Gasteiger partial charge in [0.15, 0.2) is 29.9 Å². The average molecular weight is 582 g/mol. The number of rotatable bonds is 3. The lowest BCUT2D eigenvalue weighted by atomic mass is 9.81. The van der Waals surface area contributed by atoms with Gasteiger partial charge in [-0.15, -0.1) is 0 Å². The molecule has 5 rings (SSSR count). The number of aromatic hydroxyl groups is 1. The van der Waals surface area contributed by atoms with E-state index in [-0.39, 0.29) is 46.1 Å². The molecular weight excluding hydrogens is 558 g/mol. The van der Waals surface area contributed by atoms with Crippen LogP contribution in [0.15, 0.2) is 51.2 Å². The Kier molecular flexibility index (Phi) is 5.98. The number of aromatic nitrogens is 2. The SMILES string of the molecule is COc1cc(C2C3=C(c4ccccc4C3=O)/[N+](=C(\C)O)c3c2c(=O)n(C)c(O)[n+]3C)cc(Br)c1OC(C)=O. The molecule has 0 amide bonds. The van der Waals surface area contributed by atoms with Gasteiger partial charge in [-0.1, -0.05) is 27.3 Å². The lowest BCUT2D eigenvalue weighted by Crippen LogP contribution is -2.46. The van der Waals surface area contributed by atoms with Gasteiger partial charge in [0.2, 0.25) is 5.70 Å². The first-order valence-electron chi connectivity index (χ1n) is 11.6. The van der Waals surface area contributed by atoms with Crippen molar-refractivity contribution >= 4 is 45.1 Å². The molecule has 38 heavy (non-hydrogen) atoms. The molecule has 1 aromatic heterocycles. The largest absolute Gasteiger partial charge is 0.493 e. The third-order valence-corrected chi connectivity index (χ3v) is 7.38. The molecule has 2 N–H and O–H groups in total. The summed E-state index contributed by atoms with van der Waals surface area (Å²) < 4.78 is 15.1. The summed E-state index contributed by atoms with van der Waals surface area (Å²) in [5.41, 5.74) is 1.80. The summed E-state index contributed by atoms with van der Waals surface area (Å²) in [6.07, 6.45) is 0. The Labute approximate surface area is 225 Å². The van der Waals surface area contributed by atoms with Crippen LogP contribution in [-0.2, 0) is 18.9 Å². The van der Waals surface area contributed by atoms with Gasteiger partial charge in [-0.05, 0) is 39.7 Å². The maximum absolute atomic E-state index is 13.9. The van der Waals surface area contributed by atoms with Gasteiger partial charge in [0.1, 0.15) is 0 Å². The highest BCUT2D eigenvalue weighted by molar-refractivity contribution is 9.10. The maximum Gasteiger partial charge on any atom is 0.466 e. The third kappa shape index (κ3) is 3.49. The summed E-state index contributed by atoms with van der Waals surface area (Å²) in [6.45, 7) is 2.71. The number of halogens is 1. The van der Waals surface area contributed by atoms with E-state index >= 15 is 0 Å². The van der Waals surface area contributed by atoms with E-state index in [2.05, 4.69) is 15.9 Å². The van der Waals surface area contributed by atoms with Crippen LogP contribution < -0.4 is 19.6 Å². The topological polar surface area (TPSA) is 122 Å². The Hall–Kier alpha value is -4.25. The number of ketones is 1. The van der Waals surface area contributed by atoms with Crippen LogP contribution >= 0.6 is 15.9 Å². The zero-order valence-electron chi connectivity index (χ0n) is 21.2. The highest BCUT2D eigenvalue weighted by Gasteiger charge is 2.55. The maximum atomic E-state index is 13.9. The quantitative estimate of drug-likeness (QED) is 0.211. The molecule has 194 valence electrons. The predicted octanol–water partition coefficient (Wildman–Crippen LogP) is 2.99. The Morgan fingerprint density at radius 2 is 1.79 bits per heavy atom. The van der Waals surface area contributed by atoms with E-state index in [4.69, 9.17) is 9.47 Å². The number of ether oxygens (including phenoxy) is 2. The van der Waals surface area contributed by atoms with E-state index < -0.39 is 17.4 Å². The van der Waals surface area contributed by atoms with Crippen LogP contribution in [0.25, 0.3) is 5.70 Å². The summed E-state index contributed by atoms with van der Waals surface area (Å²) in [5.74, 6) is -1.38. The van der Waals surface area contributed by atoms with Crippen molar-refractivity contribution < 1.29 is 38.4 Å². The second-order valence-electron chi connectivity index (χ2n) is 9.04. The van der Waals surface area contributed by atoms with E-state index in [1.54, 1.807) is 43.4 Å². The van der Waals surface area contributed by atoms with Crippen molar-refractivity contribution in [3.63, 3.8) is 0 Å². The standard InChI is InChI=1S/C27H22BrN3O7/c1-12(32)31-22-15-8-6-7-9-16(15)23(34)20(22)19(21-25(31)29(3)27(36)30(4)26(21)35)14-10-17(28)24(38-13(2)33)18(11-14)37-5/h6-11,19H,1-5H3/p+2. The summed E-state index contributed by atoms with van der Waals surface area (Å²) in [7, 11) is 4.40. The molecule has 0 saturated carbocycles. The van der Waals surface area contributed by atoms with E-state index in [0.717, 1.165) is 4.57 Å². The number of hydrogen-bond acceptors (Lipinski definition) is 6.